The molecule has 2 nitrogen and oxygen atoms in total. The van der Waals surface area contributed by atoms with Crippen LogP contribution < -0.4 is 0 Å². The lowest BCUT2D eigenvalue weighted by Gasteiger charge is -2.23. The molecular weight excluding hydrogens is 182 g/mol. The number of hydroxylamine groups is 2. The molecule has 1 aliphatic rings. The van der Waals surface area contributed by atoms with Gasteiger partial charge in [0.1, 0.15) is 4.95 Å². The molecule has 0 saturated carbocycles. The van der Waals surface area contributed by atoms with Crippen molar-refractivity contribution < 1.29 is 5.21 Å². The van der Waals surface area contributed by atoms with Gasteiger partial charge in [0.05, 0.1) is 0 Å². The standard InChI is InChI=1S/C6H8BrNO/c1-5-3-2-4-6(7)8(5)9/h2-4,6,9H,1H3. The Kier molecular flexibility index (Phi) is 1.93. The molecule has 0 aromatic carbocycles. The van der Waals surface area contributed by atoms with Crippen LogP contribution in [-0.4, -0.2) is 15.2 Å². The van der Waals surface area contributed by atoms with Crippen LogP contribution >= 0.6 is 15.9 Å². The van der Waals surface area contributed by atoms with E-state index in [1.54, 1.807) is 0 Å². The van der Waals surface area contributed by atoms with Crippen LogP contribution in [0.15, 0.2) is 23.9 Å². The highest BCUT2D eigenvalue weighted by Crippen LogP contribution is 2.16. The Morgan fingerprint density at radius 2 is 2.44 bits per heavy atom. The Bertz CT molecular complexity index is 164. The highest BCUT2D eigenvalue weighted by Gasteiger charge is 2.11. The van der Waals surface area contributed by atoms with Crippen LogP contribution in [0.4, 0.5) is 0 Å². The van der Waals surface area contributed by atoms with Crippen LogP contribution in [-0.2, 0) is 0 Å². The van der Waals surface area contributed by atoms with Crippen molar-refractivity contribution in [2.45, 2.75) is 11.9 Å². The first-order valence-corrected chi connectivity index (χ1v) is 3.60. The molecule has 9 heavy (non-hydrogen) atoms. The number of hydrogen-bond donors (Lipinski definition) is 1. The third-order valence-corrected chi connectivity index (χ3v) is 1.90. The van der Waals surface area contributed by atoms with E-state index in [1.165, 1.54) is 5.06 Å². The molecule has 0 bridgehead atoms. The van der Waals surface area contributed by atoms with E-state index in [2.05, 4.69) is 15.9 Å². The molecule has 1 rings (SSSR count). The monoisotopic (exact) mass is 189 g/mol. The molecule has 50 valence electrons. The highest BCUT2D eigenvalue weighted by molar-refractivity contribution is 9.09. The molecule has 1 aliphatic heterocycles. The highest BCUT2D eigenvalue weighted by atomic mass is 79.9. The van der Waals surface area contributed by atoms with Gasteiger partial charge in [0.25, 0.3) is 0 Å². The number of alkyl halides is 1. The normalized spacial score (nSPS) is 26.3. The molecule has 1 heterocycles. The third-order valence-electron chi connectivity index (χ3n) is 1.20. The average molecular weight is 190 g/mol. The van der Waals surface area contributed by atoms with Crippen LogP contribution in [0.2, 0.25) is 0 Å². The second-order valence-electron chi connectivity index (χ2n) is 1.91. The molecule has 0 saturated heterocycles. The van der Waals surface area contributed by atoms with Crippen molar-refractivity contribution in [2.24, 2.45) is 0 Å². The van der Waals surface area contributed by atoms with Gasteiger partial charge in [-0.05, 0) is 19.1 Å². The van der Waals surface area contributed by atoms with E-state index >= 15 is 0 Å². The summed E-state index contributed by atoms with van der Waals surface area (Å²) in [5.74, 6) is 0. The smallest absolute Gasteiger partial charge is 0.129 e. The van der Waals surface area contributed by atoms with Gasteiger partial charge in [-0.2, -0.15) is 0 Å². The number of hydrogen-bond acceptors (Lipinski definition) is 2. The van der Waals surface area contributed by atoms with Gasteiger partial charge in [-0.25, -0.2) is 5.06 Å². The largest absolute Gasteiger partial charge is 0.287 e. The summed E-state index contributed by atoms with van der Waals surface area (Å²) in [5, 5.41) is 10.3. The Balaban J connectivity index is 2.73. The van der Waals surface area contributed by atoms with E-state index in [-0.39, 0.29) is 4.95 Å². The zero-order chi connectivity index (χ0) is 6.85. The van der Waals surface area contributed by atoms with Crippen LogP contribution in [0.3, 0.4) is 0 Å². The van der Waals surface area contributed by atoms with Gasteiger partial charge < -0.3 is 0 Å². The van der Waals surface area contributed by atoms with Gasteiger partial charge in [0.2, 0.25) is 0 Å². The summed E-state index contributed by atoms with van der Waals surface area (Å²) in [7, 11) is 0. The molecular formula is C6H8BrNO. The van der Waals surface area contributed by atoms with Crippen LogP contribution in [0, 0.1) is 0 Å². The quantitative estimate of drug-likeness (QED) is 0.465. The average Bonchev–Trinajstić information content (AvgIpc) is 1.83. The third kappa shape index (κ3) is 1.34. The summed E-state index contributed by atoms with van der Waals surface area (Å²) >= 11 is 3.24. The van der Waals surface area contributed by atoms with Gasteiger partial charge in [-0.3, -0.25) is 5.21 Å². The first-order chi connectivity index (χ1) is 4.22. The van der Waals surface area contributed by atoms with Crippen molar-refractivity contribution in [3.63, 3.8) is 0 Å². The summed E-state index contributed by atoms with van der Waals surface area (Å²) < 4.78 is 0. The Labute approximate surface area is 62.6 Å². The van der Waals surface area contributed by atoms with Gasteiger partial charge in [-0.1, -0.05) is 22.0 Å². The van der Waals surface area contributed by atoms with Crippen molar-refractivity contribution in [3.8, 4) is 0 Å². The molecule has 1 N–H and O–H groups in total. The second-order valence-corrected chi connectivity index (χ2v) is 2.85. The van der Waals surface area contributed by atoms with E-state index in [1.807, 2.05) is 25.2 Å². The summed E-state index contributed by atoms with van der Waals surface area (Å²) in [5.41, 5.74) is 0.847. The first-order valence-electron chi connectivity index (χ1n) is 2.69. The number of rotatable bonds is 0. The fourth-order valence-corrected chi connectivity index (χ4v) is 1.14. The minimum absolute atomic E-state index is 0.0671. The van der Waals surface area contributed by atoms with Crippen molar-refractivity contribution in [3.05, 3.63) is 23.9 Å². The lowest BCUT2D eigenvalue weighted by molar-refractivity contribution is -0.0535. The number of allylic oxidation sites excluding steroid dienone is 3. The molecule has 1 unspecified atom stereocenters. The Morgan fingerprint density at radius 1 is 1.78 bits per heavy atom. The molecule has 0 spiro atoms. The molecule has 0 fully saturated rings. The van der Waals surface area contributed by atoms with Gasteiger partial charge >= 0.3 is 0 Å². The van der Waals surface area contributed by atoms with Gasteiger partial charge in [0, 0.05) is 5.70 Å². The van der Waals surface area contributed by atoms with Crippen molar-refractivity contribution in [1.29, 1.82) is 0 Å². The van der Waals surface area contributed by atoms with Crippen LogP contribution in [0.25, 0.3) is 0 Å². The Morgan fingerprint density at radius 3 is 2.89 bits per heavy atom. The SMILES string of the molecule is CC1=CC=CC(Br)N1O. The number of nitrogens with zero attached hydrogens (tertiary/aromatic N) is 1. The van der Waals surface area contributed by atoms with E-state index in [0.29, 0.717) is 0 Å². The van der Waals surface area contributed by atoms with E-state index in [9.17, 15) is 0 Å². The topological polar surface area (TPSA) is 23.5 Å². The number of halogens is 1. The minimum Gasteiger partial charge on any atom is -0.287 e. The van der Waals surface area contributed by atoms with Crippen molar-refractivity contribution in [1.82, 2.24) is 5.06 Å². The molecule has 0 radical (unpaired) electrons. The molecule has 0 aromatic rings. The second kappa shape index (κ2) is 2.54. The zero-order valence-electron chi connectivity index (χ0n) is 5.08. The lowest BCUT2D eigenvalue weighted by Crippen LogP contribution is -2.25. The van der Waals surface area contributed by atoms with Crippen LogP contribution in [0.1, 0.15) is 6.92 Å². The molecule has 0 aliphatic carbocycles. The summed E-state index contributed by atoms with van der Waals surface area (Å²) in [6, 6.07) is 0. The predicted molar refractivity (Wildman–Crippen MR) is 39.2 cm³/mol. The molecule has 0 aromatic heterocycles. The van der Waals surface area contributed by atoms with E-state index in [4.69, 9.17) is 5.21 Å². The van der Waals surface area contributed by atoms with Gasteiger partial charge in [-0.15, -0.1) is 0 Å². The Hall–Kier alpha value is -0.280. The van der Waals surface area contributed by atoms with Gasteiger partial charge in [0.15, 0.2) is 0 Å². The zero-order valence-corrected chi connectivity index (χ0v) is 6.67. The summed E-state index contributed by atoms with van der Waals surface area (Å²) in [6.07, 6.45) is 5.60. The predicted octanol–water partition coefficient (Wildman–Crippen LogP) is 1.87. The maximum atomic E-state index is 9.11. The summed E-state index contributed by atoms with van der Waals surface area (Å²) in [6.45, 7) is 1.84. The molecule has 0 amide bonds. The van der Waals surface area contributed by atoms with E-state index < -0.39 is 0 Å². The maximum Gasteiger partial charge on any atom is 0.129 e. The maximum absolute atomic E-state index is 9.11. The lowest BCUT2D eigenvalue weighted by atomic mass is 10.3. The van der Waals surface area contributed by atoms with E-state index in [0.717, 1.165) is 5.70 Å². The molecule has 3 heteroatoms. The minimum atomic E-state index is -0.0671. The summed E-state index contributed by atoms with van der Waals surface area (Å²) in [4.78, 5) is -0.0671. The first kappa shape index (κ1) is 6.83. The van der Waals surface area contributed by atoms with Crippen molar-refractivity contribution >= 4 is 15.9 Å². The van der Waals surface area contributed by atoms with Crippen molar-refractivity contribution in [2.75, 3.05) is 0 Å². The fraction of sp³-hybridized carbons (Fsp3) is 0.333. The van der Waals surface area contributed by atoms with Crippen LogP contribution in [0.5, 0.6) is 0 Å². The molecule has 1 atom stereocenters. The fourth-order valence-electron chi connectivity index (χ4n) is 0.639.